The molecule has 0 atom stereocenters. The number of benzene rings is 2. The third-order valence-electron chi connectivity index (χ3n) is 7.21. The van der Waals surface area contributed by atoms with Gasteiger partial charge in [0, 0.05) is 41.1 Å². The summed E-state index contributed by atoms with van der Waals surface area (Å²) in [5, 5.41) is 6.18. The van der Waals surface area contributed by atoms with Crippen molar-refractivity contribution in [2.24, 2.45) is 5.92 Å². The lowest BCUT2D eigenvalue weighted by Crippen LogP contribution is -2.31. The average Bonchev–Trinajstić information content (AvgIpc) is 2.97. The summed E-state index contributed by atoms with van der Waals surface area (Å²) in [6.07, 6.45) is 9.59. The van der Waals surface area contributed by atoms with Gasteiger partial charge >= 0.3 is 0 Å². The first-order valence-electron chi connectivity index (χ1n) is 13.1. The van der Waals surface area contributed by atoms with Gasteiger partial charge in [0.2, 0.25) is 5.95 Å². The second-order valence-electron chi connectivity index (χ2n) is 10.1. The molecule has 0 unspecified atom stereocenters. The first kappa shape index (κ1) is 26.4. The number of hydrogen-bond donors (Lipinski definition) is 2. The van der Waals surface area contributed by atoms with Gasteiger partial charge in [-0.1, -0.05) is 12.1 Å². The molecule has 0 radical (unpaired) electrons. The second-order valence-corrected chi connectivity index (χ2v) is 10.1. The molecule has 8 nitrogen and oxygen atoms in total. The molecule has 0 saturated carbocycles. The molecule has 0 aliphatic carbocycles. The number of amides is 1. The number of hydrogen-bond acceptors (Lipinski definition) is 7. The van der Waals surface area contributed by atoms with Gasteiger partial charge in [-0.3, -0.25) is 4.79 Å². The largest absolute Gasteiger partial charge is 0.324 e. The van der Waals surface area contributed by atoms with Crippen molar-refractivity contribution in [2.45, 2.75) is 32.9 Å². The minimum atomic E-state index is -0.587. The maximum Gasteiger partial charge on any atom is 0.255 e. The van der Waals surface area contributed by atoms with Gasteiger partial charge in [-0.15, -0.1) is 0 Å². The van der Waals surface area contributed by atoms with Crippen LogP contribution in [0.25, 0.3) is 11.3 Å². The lowest BCUT2D eigenvalue weighted by molar-refractivity contribution is 0.102. The van der Waals surface area contributed by atoms with Crippen molar-refractivity contribution in [3.63, 3.8) is 0 Å². The maximum absolute atomic E-state index is 13.9. The first-order valence-corrected chi connectivity index (χ1v) is 13.1. The standard InChI is InChI=1S/C30H32FN7O/c1-20-3-6-26(15-28(20)37-30-34-10-7-27(36-30)25-17-32-19-33-18-25)35-29(39)23-5-4-22(24(14-23)16-31)13-21-8-11-38(2)12-9-21/h3-7,10,14-15,17-19,21H,8-9,11-13,16H2,1-2H3,(H,35,39)(H,34,36,37). The number of halogens is 1. The number of aromatic nitrogens is 4. The average molecular weight is 526 g/mol. The summed E-state index contributed by atoms with van der Waals surface area (Å²) in [5.74, 6) is 0.679. The molecule has 2 aromatic heterocycles. The topological polar surface area (TPSA) is 95.9 Å². The van der Waals surface area contributed by atoms with Gasteiger partial charge in [-0.05, 0) is 99.3 Å². The van der Waals surface area contributed by atoms with Crippen LogP contribution < -0.4 is 10.6 Å². The van der Waals surface area contributed by atoms with Gasteiger partial charge < -0.3 is 15.5 Å². The van der Waals surface area contributed by atoms with E-state index in [1.54, 1.807) is 36.8 Å². The Morgan fingerprint density at radius 2 is 1.85 bits per heavy atom. The van der Waals surface area contributed by atoms with Crippen molar-refractivity contribution < 1.29 is 9.18 Å². The summed E-state index contributed by atoms with van der Waals surface area (Å²) < 4.78 is 13.9. The molecule has 3 heterocycles. The van der Waals surface area contributed by atoms with Crippen LogP contribution in [0.4, 0.5) is 21.7 Å². The number of carbonyl (C=O) groups excluding carboxylic acids is 1. The minimum absolute atomic E-state index is 0.285. The number of nitrogens with one attached hydrogen (secondary N) is 2. The highest BCUT2D eigenvalue weighted by molar-refractivity contribution is 6.04. The van der Waals surface area contributed by atoms with Gasteiger partial charge in [0.15, 0.2) is 0 Å². The van der Waals surface area contributed by atoms with Crippen LogP contribution in [0.15, 0.2) is 67.4 Å². The highest BCUT2D eigenvalue weighted by atomic mass is 19.1. The van der Waals surface area contributed by atoms with Gasteiger partial charge in [0.05, 0.1) is 5.69 Å². The van der Waals surface area contributed by atoms with Crippen LogP contribution in [-0.2, 0) is 13.1 Å². The smallest absolute Gasteiger partial charge is 0.255 e. The Labute approximate surface area is 227 Å². The third kappa shape index (κ3) is 6.61. The maximum atomic E-state index is 13.9. The Morgan fingerprint density at radius 3 is 2.62 bits per heavy atom. The monoisotopic (exact) mass is 525 g/mol. The number of aryl methyl sites for hydroxylation is 1. The zero-order chi connectivity index (χ0) is 27.2. The number of carbonyl (C=O) groups is 1. The Kier molecular flexibility index (Phi) is 8.17. The third-order valence-corrected chi connectivity index (χ3v) is 7.21. The van der Waals surface area contributed by atoms with E-state index in [-0.39, 0.29) is 5.91 Å². The summed E-state index contributed by atoms with van der Waals surface area (Å²) in [6.45, 7) is 3.52. The van der Waals surface area contributed by atoms with Crippen LogP contribution in [0.5, 0.6) is 0 Å². The van der Waals surface area contributed by atoms with E-state index in [1.165, 1.54) is 6.33 Å². The Hall–Kier alpha value is -4.24. The SMILES string of the molecule is Cc1ccc(NC(=O)c2ccc(CC3CCN(C)CC3)c(CF)c2)cc1Nc1nccc(-c2cncnc2)n1. The number of alkyl halides is 1. The molecular weight excluding hydrogens is 493 g/mol. The molecule has 200 valence electrons. The van der Waals surface area contributed by atoms with Gasteiger partial charge in [0.1, 0.15) is 13.0 Å². The van der Waals surface area contributed by atoms with E-state index >= 15 is 0 Å². The fourth-order valence-corrected chi connectivity index (χ4v) is 4.84. The molecule has 2 aromatic carbocycles. The van der Waals surface area contributed by atoms with Crippen LogP contribution >= 0.6 is 0 Å². The summed E-state index contributed by atoms with van der Waals surface area (Å²) in [6, 6.07) is 12.7. The molecule has 39 heavy (non-hydrogen) atoms. The van der Waals surface area contributed by atoms with E-state index in [1.807, 2.05) is 31.2 Å². The molecule has 1 aliphatic heterocycles. The van der Waals surface area contributed by atoms with Gasteiger partial charge in [-0.25, -0.2) is 24.3 Å². The van der Waals surface area contributed by atoms with Crippen LogP contribution in [0.2, 0.25) is 0 Å². The van der Waals surface area contributed by atoms with Crippen LogP contribution in [0.1, 0.15) is 39.9 Å². The summed E-state index contributed by atoms with van der Waals surface area (Å²) in [7, 11) is 2.14. The van der Waals surface area contributed by atoms with Gasteiger partial charge in [0.25, 0.3) is 5.91 Å². The Morgan fingerprint density at radius 1 is 1.05 bits per heavy atom. The van der Waals surface area contributed by atoms with Crippen molar-refractivity contribution in [3.05, 3.63) is 89.6 Å². The fraction of sp³-hybridized carbons (Fsp3) is 0.300. The van der Waals surface area contributed by atoms with Gasteiger partial charge in [-0.2, -0.15) is 0 Å². The zero-order valence-corrected chi connectivity index (χ0v) is 22.2. The van der Waals surface area contributed by atoms with Crippen molar-refractivity contribution in [1.82, 2.24) is 24.8 Å². The van der Waals surface area contributed by atoms with Crippen LogP contribution in [-0.4, -0.2) is 50.9 Å². The number of likely N-dealkylation sites (tertiary alicyclic amines) is 1. The summed E-state index contributed by atoms with van der Waals surface area (Å²) >= 11 is 0. The van der Waals surface area contributed by atoms with Crippen LogP contribution in [0.3, 0.4) is 0 Å². The fourth-order valence-electron chi connectivity index (χ4n) is 4.84. The van der Waals surface area contributed by atoms with E-state index in [2.05, 4.69) is 42.5 Å². The molecule has 2 N–H and O–H groups in total. The summed E-state index contributed by atoms with van der Waals surface area (Å²) in [5.41, 5.74) is 5.83. The first-order chi connectivity index (χ1) is 19.0. The highest BCUT2D eigenvalue weighted by Gasteiger charge is 2.19. The number of piperidine rings is 1. The molecular formula is C30H32FN7O. The van der Waals surface area contributed by atoms with E-state index < -0.39 is 6.67 Å². The number of rotatable bonds is 8. The van der Waals surface area contributed by atoms with E-state index in [9.17, 15) is 9.18 Å². The predicted molar refractivity (Wildman–Crippen MR) is 151 cm³/mol. The van der Waals surface area contributed by atoms with Crippen molar-refractivity contribution in [1.29, 1.82) is 0 Å². The Bertz CT molecular complexity index is 1440. The molecule has 1 fully saturated rings. The van der Waals surface area contributed by atoms with E-state index in [4.69, 9.17) is 0 Å². The molecule has 0 spiro atoms. The summed E-state index contributed by atoms with van der Waals surface area (Å²) in [4.78, 5) is 32.4. The Balaban J connectivity index is 1.28. The second kappa shape index (κ2) is 12.1. The lowest BCUT2D eigenvalue weighted by atomic mass is 9.88. The molecule has 5 rings (SSSR count). The molecule has 1 aliphatic rings. The van der Waals surface area contributed by atoms with Crippen molar-refractivity contribution >= 4 is 23.2 Å². The molecule has 1 amide bonds. The molecule has 1 saturated heterocycles. The van der Waals surface area contributed by atoms with Crippen LogP contribution in [0, 0.1) is 12.8 Å². The van der Waals surface area contributed by atoms with Crippen molar-refractivity contribution in [2.75, 3.05) is 30.8 Å². The van der Waals surface area contributed by atoms with E-state index in [0.717, 1.165) is 54.7 Å². The quantitative estimate of drug-likeness (QED) is 0.310. The predicted octanol–water partition coefficient (Wildman–Crippen LogP) is 5.59. The van der Waals surface area contributed by atoms with Crippen molar-refractivity contribution in [3.8, 4) is 11.3 Å². The number of anilines is 3. The molecule has 9 heteroatoms. The zero-order valence-electron chi connectivity index (χ0n) is 22.2. The highest BCUT2D eigenvalue weighted by Crippen LogP contribution is 2.26. The van der Waals surface area contributed by atoms with E-state index in [0.29, 0.717) is 34.4 Å². The normalized spacial score (nSPS) is 14.2. The molecule has 0 bridgehead atoms. The minimum Gasteiger partial charge on any atom is -0.324 e. The number of nitrogens with zero attached hydrogens (tertiary/aromatic N) is 5. The lowest BCUT2D eigenvalue weighted by Gasteiger charge is -2.29. The molecule has 4 aromatic rings.